The lowest BCUT2D eigenvalue weighted by atomic mass is 10.0. The number of carbonyl (C=O) groups excluding carboxylic acids is 1. The van der Waals surface area contributed by atoms with Gasteiger partial charge < -0.3 is 9.64 Å². The number of rotatable bonds is 8. The first kappa shape index (κ1) is 23.5. The van der Waals surface area contributed by atoms with Crippen LogP contribution in [0.4, 0.5) is 5.69 Å². The molecule has 0 amide bonds. The van der Waals surface area contributed by atoms with Gasteiger partial charge in [0.15, 0.2) is 15.6 Å². The van der Waals surface area contributed by atoms with Gasteiger partial charge in [-0.3, -0.25) is 4.79 Å². The van der Waals surface area contributed by atoms with Crippen molar-refractivity contribution in [3.05, 3.63) is 65.2 Å². The third kappa shape index (κ3) is 6.17. The molecule has 168 valence electrons. The normalized spacial score (nSPS) is 17.4. The minimum atomic E-state index is -3.15. The van der Waals surface area contributed by atoms with Crippen molar-refractivity contribution in [2.45, 2.75) is 51.2 Å². The fourth-order valence-electron chi connectivity index (χ4n) is 3.61. The molecule has 0 aromatic heterocycles. The highest BCUT2D eigenvalue weighted by atomic mass is 32.2. The third-order valence-electron chi connectivity index (χ3n) is 5.87. The fraction of sp³-hybridized carbons (Fsp3) is 0.480. The molecule has 0 spiro atoms. The summed E-state index contributed by atoms with van der Waals surface area (Å²) in [6.45, 7) is 10.2. The van der Waals surface area contributed by atoms with Gasteiger partial charge in [-0.15, -0.1) is 0 Å². The zero-order chi connectivity index (χ0) is 22.6. The van der Waals surface area contributed by atoms with Gasteiger partial charge in [-0.05, 0) is 43.0 Å². The summed E-state index contributed by atoms with van der Waals surface area (Å²) in [5.41, 5.74) is 3.43. The summed E-state index contributed by atoms with van der Waals surface area (Å²) in [6, 6.07) is 15.1. The van der Waals surface area contributed by atoms with Crippen molar-refractivity contribution in [1.29, 1.82) is 0 Å². The number of hydrogen-bond donors (Lipinski definition) is 0. The second-order valence-corrected chi connectivity index (χ2v) is 11.5. The van der Waals surface area contributed by atoms with Crippen molar-refractivity contribution in [1.82, 2.24) is 0 Å². The molecular weight excluding hydrogens is 410 g/mol. The van der Waals surface area contributed by atoms with E-state index in [-0.39, 0.29) is 17.6 Å². The number of Topliss-reactive ketones (excluding diaryl/α,β-unsaturated/α-hetero) is 1. The zero-order valence-electron chi connectivity index (χ0n) is 18.9. The van der Waals surface area contributed by atoms with Crippen molar-refractivity contribution < 1.29 is 17.9 Å². The molecule has 0 aliphatic carbocycles. The van der Waals surface area contributed by atoms with Crippen molar-refractivity contribution >= 4 is 21.3 Å². The molecule has 0 saturated carbocycles. The molecule has 0 bridgehead atoms. The molecule has 0 unspecified atom stereocenters. The Morgan fingerprint density at radius 2 is 1.61 bits per heavy atom. The molecule has 2 aromatic rings. The number of anilines is 1. The molecule has 6 heteroatoms. The maximum Gasteiger partial charge on any atom is 0.167 e. The second kappa shape index (κ2) is 9.96. The lowest BCUT2D eigenvalue weighted by Crippen LogP contribution is -2.44. The van der Waals surface area contributed by atoms with Gasteiger partial charge in [0.05, 0.1) is 23.7 Å². The van der Waals surface area contributed by atoms with E-state index in [4.69, 9.17) is 4.74 Å². The summed E-state index contributed by atoms with van der Waals surface area (Å²) in [5, 5.41) is -0.412. The topological polar surface area (TPSA) is 63.7 Å². The molecule has 1 aliphatic rings. The third-order valence-corrected chi connectivity index (χ3v) is 8.04. The van der Waals surface area contributed by atoms with Gasteiger partial charge >= 0.3 is 0 Å². The minimum absolute atomic E-state index is 0.000193. The molecular formula is C25H33NO4S. The van der Waals surface area contributed by atoms with E-state index in [9.17, 15) is 13.2 Å². The Balaban J connectivity index is 1.60. The summed E-state index contributed by atoms with van der Waals surface area (Å²) in [5.74, 6) is 0.508. The van der Waals surface area contributed by atoms with E-state index in [0.717, 1.165) is 30.9 Å². The maximum atomic E-state index is 12.7. The number of sulfone groups is 1. The van der Waals surface area contributed by atoms with Crippen LogP contribution in [0.3, 0.4) is 0 Å². The van der Waals surface area contributed by atoms with Crippen molar-refractivity contribution in [3.63, 3.8) is 0 Å². The van der Waals surface area contributed by atoms with Gasteiger partial charge in [-0.1, -0.05) is 50.2 Å². The molecule has 1 fully saturated rings. The quantitative estimate of drug-likeness (QED) is 0.569. The van der Waals surface area contributed by atoms with E-state index in [1.54, 1.807) is 38.1 Å². The Morgan fingerprint density at radius 3 is 2.19 bits per heavy atom. The molecule has 0 radical (unpaired) electrons. The van der Waals surface area contributed by atoms with Crippen molar-refractivity contribution in [2.75, 3.05) is 24.6 Å². The van der Waals surface area contributed by atoms with Crippen LogP contribution in [0.15, 0.2) is 48.5 Å². The van der Waals surface area contributed by atoms with Crippen LogP contribution in [-0.4, -0.2) is 45.3 Å². The Hall–Kier alpha value is -2.18. The summed E-state index contributed by atoms with van der Waals surface area (Å²) < 4.78 is 30.0. The van der Waals surface area contributed by atoms with E-state index >= 15 is 0 Å². The average Bonchev–Trinajstić information content (AvgIpc) is 2.74. The van der Waals surface area contributed by atoms with E-state index in [0.29, 0.717) is 23.5 Å². The Labute approximate surface area is 186 Å². The number of benzene rings is 2. The number of ketones is 1. The molecule has 1 atom stereocenters. The highest BCUT2D eigenvalue weighted by Crippen LogP contribution is 2.22. The van der Waals surface area contributed by atoms with Gasteiger partial charge in [0.2, 0.25) is 0 Å². The Morgan fingerprint density at radius 1 is 1.00 bits per heavy atom. The molecule has 1 aliphatic heterocycles. The van der Waals surface area contributed by atoms with E-state index in [1.165, 1.54) is 0 Å². The van der Waals surface area contributed by atoms with Crippen molar-refractivity contribution in [3.8, 4) is 0 Å². The van der Waals surface area contributed by atoms with Gasteiger partial charge in [-0.2, -0.15) is 0 Å². The molecule has 1 saturated heterocycles. The molecule has 0 N–H and O–H groups in total. The first-order chi connectivity index (χ1) is 14.7. The van der Waals surface area contributed by atoms with E-state index < -0.39 is 15.1 Å². The molecule has 2 aromatic carbocycles. The number of ether oxygens (including phenoxy) is 1. The average molecular weight is 444 g/mol. The van der Waals surface area contributed by atoms with Crippen LogP contribution >= 0.6 is 0 Å². The van der Waals surface area contributed by atoms with Crippen LogP contribution < -0.4 is 4.90 Å². The van der Waals surface area contributed by atoms with Crippen LogP contribution in [0.2, 0.25) is 0 Å². The Kier molecular flexibility index (Phi) is 7.55. The predicted octanol–water partition coefficient (Wildman–Crippen LogP) is 4.30. The van der Waals surface area contributed by atoms with Crippen LogP contribution in [0.5, 0.6) is 0 Å². The maximum absolute atomic E-state index is 12.7. The molecule has 5 nitrogen and oxygen atoms in total. The fourth-order valence-corrected chi connectivity index (χ4v) is 4.60. The van der Waals surface area contributed by atoms with E-state index in [2.05, 4.69) is 30.9 Å². The van der Waals surface area contributed by atoms with Gasteiger partial charge in [-0.25, -0.2) is 8.42 Å². The Bertz CT molecular complexity index is 979. The van der Waals surface area contributed by atoms with Crippen LogP contribution in [-0.2, 0) is 26.7 Å². The van der Waals surface area contributed by atoms with E-state index in [1.807, 2.05) is 12.1 Å². The number of hydrogen-bond acceptors (Lipinski definition) is 5. The standard InChI is InChI=1S/C25H33NO4S/c1-18(2)25-16-26(13-14-30-25)23-11-7-20(8-12-23)15-24(27)22-9-5-21(6-10-22)17-31(28,29)19(3)4/h5-12,18-19,25H,13-17H2,1-4H3/t25-/m0/s1. The highest BCUT2D eigenvalue weighted by molar-refractivity contribution is 7.91. The van der Waals surface area contributed by atoms with Crippen LogP contribution in [0.1, 0.15) is 49.2 Å². The summed E-state index contributed by atoms with van der Waals surface area (Å²) in [6.07, 6.45) is 0.565. The van der Waals surface area contributed by atoms with Crippen molar-refractivity contribution in [2.24, 2.45) is 5.92 Å². The molecule has 1 heterocycles. The second-order valence-electron chi connectivity index (χ2n) is 8.92. The smallest absolute Gasteiger partial charge is 0.167 e. The van der Waals surface area contributed by atoms with Gasteiger partial charge in [0.1, 0.15) is 0 Å². The first-order valence-electron chi connectivity index (χ1n) is 10.9. The van der Waals surface area contributed by atoms with Crippen LogP contribution in [0, 0.1) is 5.92 Å². The largest absolute Gasteiger partial charge is 0.374 e. The number of carbonyl (C=O) groups is 1. The lowest BCUT2D eigenvalue weighted by molar-refractivity contribution is 0.0114. The number of nitrogens with zero attached hydrogens (tertiary/aromatic N) is 1. The minimum Gasteiger partial charge on any atom is -0.374 e. The summed E-state index contributed by atoms with van der Waals surface area (Å²) >= 11 is 0. The zero-order valence-corrected chi connectivity index (χ0v) is 19.7. The van der Waals surface area contributed by atoms with Gasteiger partial charge in [0.25, 0.3) is 0 Å². The summed E-state index contributed by atoms with van der Waals surface area (Å²) in [4.78, 5) is 15.0. The highest BCUT2D eigenvalue weighted by Gasteiger charge is 2.23. The SMILES string of the molecule is CC(C)[C@@H]1CN(c2ccc(CC(=O)c3ccc(CS(=O)(=O)C(C)C)cc3)cc2)CCO1. The first-order valence-corrected chi connectivity index (χ1v) is 12.7. The summed E-state index contributed by atoms with van der Waals surface area (Å²) in [7, 11) is -3.15. The lowest BCUT2D eigenvalue weighted by Gasteiger charge is -2.36. The predicted molar refractivity (Wildman–Crippen MR) is 125 cm³/mol. The molecule has 31 heavy (non-hydrogen) atoms. The number of morpholine rings is 1. The monoisotopic (exact) mass is 443 g/mol. The van der Waals surface area contributed by atoms with Crippen LogP contribution in [0.25, 0.3) is 0 Å². The molecule has 3 rings (SSSR count). The van der Waals surface area contributed by atoms with Gasteiger partial charge in [0, 0.05) is 30.8 Å².